The summed E-state index contributed by atoms with van der Waals surface area (Å²) in [4.78, 5) is 22.5. The molecular weight excluding hydrogens is 264 g/mol. The molecule has 0 aliphatic carbocycles. The number of nitrogens with one attached hydrogen (secondary N) is 1. The smallest absolute Gasteiger partial charge is 0.259 e. The van der Waals surface area contributed by atoms with Gasteiger partial charge in [-0.15, -0.1) is 0 Å². The first-order chi connectivity index (χ1) is 10.3. The molecule has 2 aromatic heterocycles. The van der Waals surface area contributed by atoms with Crippen LogP contribution in [-0.2, 0) is 0 Å². The number of hydrogen-bond donors (Lipinski definition) is 1. The Balaban J connectivity index is 2.14. The quantitative estimate of drug-likeness (QED) is 0.886. The second-order valence-electron chi connectivity index (χ2n) is 4.61. The van der Waals surface area contributed by atoms with Crippen molar-refractivity contribution >= 4 is 17.4 Å². The molecule has 0 aliphatic heterocycles. The van der Waals surface area contributed by atoms with E-state index in [0.717, 1.165) is 24.5 Å². The molecule has 5 heteroatoms. The number of anilines is 2. The third-order valence-electron chi connectivity index (χ3n) is 3.10. The van der Waals surface area contributed by atoms with Crippen LogP contribution in [0.3, 0.4) is 0 Å². The maximum Gasteiger partial charge on any atom is 0.259 e. The molecule has 0 radical (unpaired) electrons. The van der Waals surface area contributed by atoms with Crippen molar-refractivity contribution in [3.05, 3.63) is 48.4 Å². The van der Waals surface area contributed by atoms with Crippen LogP contribution in [-0.4, -0.2) is 29.0 Å². The van der Waals surface area contributed by atoms with Gasteiger partial charge in [0.1, 0.15) is 5.82 Å². The van der Waals surface area contributed by atoms with E-state index in [2.05, 4.69) is 22.2 Å². The third-order valence-corrected chi connectivity index (χ3v) is 3.10. The van der Waals surface area contributed by atoms with E-state index in [0.29, 0.717) is 12.1 Å². The van der Waals surface area contributed by atoms with Crippen LogP contribution in [0.1, 0.15) is 30.6 Å². The highest BCUT2D eigenvalue weighted by atomic mass is 16.2. The van der Waals surface area contributed by atoms with Gasteiger partial charge in [0.15, 0.2) is 0 Å². The molecule has 0 aliphatic rings. The topological polar surface area (TPSA) is 58.1 Å². The summed E-state index contributed by atoms with van der Waals surface area (Å²) in [6.45, 7) is 5.51. The lowest BCUT2D eigenvalue weighted by atomic mass is 10.2. The largest absolute Gasteiger partial charge is 0.370 e. The number of aromatic nitrogens is 2. The summed E-state index contributed by atoms with van der Waals surface area (Å²) in [5.41, 5.74) is 1.42. The third kappa shape index (κ3) is 3.78. The predicted molar refractivity (Wildman–Crippen MR) is 84.6 cm³/mol. The van der Waals surface area contributed by atoms with Crippen LogP contribution in [0.4, 0.5) is 11.5 Å². The Bertz CT molecular complexity index is 569. The van der Waals surface area contributed by atoms with Crippen LogP contribution >= 0.6 is 0 Å². The molecular formula is C16H20N4O. The molecule has 1 amide bonds. The average Bonchev–Trinajstić information content (AvgIpc) is 2.55. The molecule has 2 rings (SSSR count). The van der Waals surface area contributed by atoms with Crippen molar-refractivity contribution in [3.63, 3.8) is 0 Å². The summed E-state index contributed by atoms with van der Waals surface area (Å²) in [7, 11) is 0. The highest BCUT2D eigenvalue weighted by molar-refractivity contribution is 6.05. The fraction of sp³-hybridized carbons (Fsp3) is 0.312. The zero-order chi connectivity index (χ0) is 15.1. The summed E-state index contributed by atoms with van der Waals surface area (Å²) in [6.07, 6.45) is 6.01. The van der Waals surface area contributed by atoms with E-state index < -0.39 is 0 Å². The van der Waals surface area contributed by atoms with Crippen LogP contribution in [0.5, 0.6) is 0 Å². The number of amides is 1. The molecule has 110 valence electrons. The van der Waals surface area contributed by atoms with Gasteiger partial charge in [0.2, 0.25) is 0 Å². The second-order valence-corrected chi connectivity index (χ2v) is 4.61. The summed E-state index contributed by atoms with van der Waals surface area (Å²) in [5.74, 6) is 0.735. The minimum Gasteiger partial charge on any atom is -0.370 e. The number of carbonyl (C=O) groups is 1. The zero-order valence-corrected chi connectivity index (χ0v) is 12.4. The van der Waals surface area contributed by atoms with Crippen molar-refractivity contribution in [1.29, 1.82) is 0 Å². The predicted octanol–water partition coefficient (Wildman–Crippen LogP) is 2.97. The van der Waals surface area contributed by atoms with E-state index in [1.807, 2.05) is 25.1 Å². The van der Waals surface area contributed by atoms with Crippen molar-refractivity contribution in [3.8, 4) is 0 Å². The summed E-state index contributed by atoms with van der Waals surface area (Å²) in [5, 5.41) is 3.19. The Hall–Kier alpha value is -2.43. The summed E-state index contributed by atoms with van der Waals surface area (Å²) in [6, 6.07) is 7.29. The Morgan fingerprint density at radius 3 is 2.52 bits per heavy atom. The van der Waals surface area contributed by atoms with E-state index in [1.165, 1.54) is 0 Å². The van der Waals surface area contributed by atoms with Crippen LogP contribution < -0.4 is 10.2 Å². The van der Waals surface area contributed by atoms with Gasteiger partial charge in [-0.1, -0.05) is 6.92 Å². The van der Waals surface area contributed by atoms with Crippen molar-refractivity contribution < 1.29 is 4.79 Å². The number of hydrogen-bond acceptors (Lipinski definition) is 4. The Morgan fingerprint density at radius 1 is 1.19 bits per heavy atom. The van der Waals surface area contributed by atoms with E-state index in [1.54, 1.807) is 29.6 Å². The normalized spacial score (nSPS) is 10.2. The molecule has 0 fully saturated rings. The average molecular weight is 284 g/mol. The van der Waals surface area contributed by atoms with Crippen LogP contribution in [0, 0.1) is 0 Å². The Kier molecular flexibility index (Phi) is 5.26. The molecule has 0 saturated heterocycles. The fourth-order valence-electron chi connectivity index (χ4n) is 2.00. The molecule has 0 atom stereocenters. The molecule has 5 nitrogen and oxygen atoms in total. The van der Waals surface area contributed by atoms with Gasteiger partial charge in [-0.2, -0.15) is 0 Å². The van der Waals surface area contributed by atoms with Gasteiger partial charge in [-0.05, 0) is 37.6 Å². The maximum atomic E-state index is 12.5. The van der Waals surface area contributed by atoms with Gasteiger partial charge >= 0.3 is 0 Å². The number of carbonyl (C=O) groups excluding carboxylic acids is 1. The monoisotopic (exact) mass is 284 g/mol. The van der Waals surface area contributed by atoms with Gasteiger partial charge < -0.3 is 10.2 Å². The molecule has 21 heavy (non-hydrogen) atoms. The number of nitrogens with zero attached hydrogens (tertiary/aromatic N) is 3. The minimum atomic E-state index is -0.0572. The molecule has 0 saturated carbocycles. The first-order valence-electron chi connectivity index (χ1n) is 7.18. The van der Waals surface area contributed by atoms with E-state index in [4.69, 9.17) is 0 Å². The highest BCUT2D eigenvalue weighted by Crippen LogP contribution is 2.16. The van der Waals surface area contributed by atoms with Gasteiger partial charge in [-0.25, -0.2) is 4.98 Å². The number of rotatable bonds is 6. The molecule has 0 spiro atoms. The first kappa shape index (κ1) is 15.0. The molecule has 2 heterocycles. The summed E-state index contributed by atoms with van der Waals surface area (Å²) >= 11 is 0. The molecule has 0 unspecified atom stereocenters. The summed E-state index contributed by atoms with van der Waals surface area (Å²) < 4.78 is 0. The van der Waals surface area contributed by atoms with Gasteiger partial charge in [0.05, 0.1) is 5.56 Å². The molecule has 1 N–H and O–H groups in total. The zero-order valence-electron chi connectivity index (χ0n) is 12.4. The lowest BCUT2D eigenvalue weighted by molar-refractivity contribution is 0.0988. The van der Waals surface area contributed by atoms with Crippen LogP contribution in [0.2, 0.25) is 0 Å². The van der Waals surface area contributed by atoms with Gasteiger partial charge in [-0.3, -0.25) is 9.78 Å². The van der Waals surface area contributed by atoms with Crippen LogP contribution in [0.15, 0.2) is 42.9 Å². The number of pyridine rings is 2. The maximum absolute atomic E-state index is 12.5. The Labute approximate surface area is 125 Å². The SMILES string of the molecule is CCCNc1ccc(C(=O)N(CC)c2ccncc2)cn1. The van der Waals surface area contributed by atoms with Crippen molar-refractivity contribution in [2.75, 3.05) is 23.3 Å². The standard InChI is InChI=1S/C16H20N4O/c1-3-9-18-15-6-5-13(12-19-15)16(21)20(4-2)14-7-10-17-11-8-14/h5-8,10-12H,3-4,9H2,1-2H3,(H,18,19). The lowest BCUT2D eigenvalue weighted by Crippen LogP contribution is -2.30. The second kappa shape index (κ2) is 7.38. The van der Waals surface area contributed by atoms with E-state index in [-0.39, 0.29) is 5.91 Å². The van der Waals surface area contributed by atoms with Crippen molar-refractivity contribution in [1.82, 2.24) is 9.97 Å². The van der Waals surface area contributed by atoms with Crippen LogP contribution in [0.25, 0.3) is 0 Å². The first-order valence-corrected chi connectivity index (χ1v) is 7.18. The minimum absolute atomic E-state index is 0.0572. The highest BCUT2D eigenvalue weighted by Gasteiger charge is 2.16. The van der Waals surface area contributed by atoms with Gasteiger partial charge in [0, 0.05) is 37.4 Å². The fourth-order valence-corrected chi connectivity index (χ4v) is 2.00. The Morgan fingerprint density at radius 2 is 1.95 bits per heavy atom. The van der Waals surface area contributed by atoms with Crippen molar-refractivity contribution in [2.45, 2.75) is 20.3 Å². The van der Waals surface area contributed by atoms with Gasteiger partial charge in [0.25, 0.3) is 5.91 Å². The molecule has 0 bridgehead atoms. The molecule has 2 aromatic rings. The van der Waals surface area contributed by atoms with E-state index in [9.17, 15) is 4.79 Å². The lowest BCUT2D eigenvalue weighted by Gasteiger charge is -2.20. The molecule has 0 aromatic carbocycles. The van der Waals surface area contributed by atoms with Crippen molar-refractivity contribution in [2.24, 2.45) is 0 Å². The van der Waals surface area contributed by atoms with E-state index >= 15 is 0 Å².